The molecule has 0 aliphatic rings. The lowest BCUT2D eigenvalue weighted by molar-refractivity contribution is 0.195. The van der Waals surface area contributed by atoms with E-state index in [2.05, 4.69) is 21.2 Å². The Balaban J connectivity index is 1.90. The molecule has 0 aliphatic heterocycles. The van der Waals surface area contributed by atoms with Crippen molar-refractivity contribution in [2.45, 2.75) is 19.3 Å². The molecule has 0 aliphatic carbocycles. The first-order valence-corrected chi connectivity index (χ1v) is 10.5. The van der Waals surface area contributed by atoms with Crippen molar-refractivity contribution in [2.24, 2.45) is 0 Å². The highest BCUT2D eigenvalue weighted by Crippen LogP contribution is 2.29. The number of nitrogens with one attached hydrogen (secondary N) is 1. The zero-order valence-electron chi connectivity index (χ0n) is 12.7. The number of hydrogen-bond acceptors (Lipinski definition) is 6. The van der Waals surface area contributed by atoms with Crippen LogP contribution in [0.25, 0.3) is 10.6 Å². The number of aryl methyl sites for hydroxylation is 1. The molecule has 2 aromatic heterocycles. The van der Waals surface area contributed by atoms with Crippen molar-refractivity contribution in [3.8, 4) is 10.6 Å². The van der Waals surface area contributed by atoms with E-state index in [0.29, 0.717) is 13.0 Å². The number of methoxy groups -OCH3 is 1. The molecule has 0 amide bonds. The zero-order valence-corrected chi connectivity index (χ0v) is 15.1. The summed E-state index contributed by atoms with van der Waals surface area (Å²) < 4.78 is 29.6. The van der Waals surface area contributed by atoms with Crippen LogP contribution in [-0.4, -0.2) is 39.9 Å². The molecule has 0 bridgehead atoms. The molecule has 0 spiro atoms. The number of ether oxygens (including phenoxy) is 1. The number of hydrogen-bond donors (Lipinski definition) is 1. The lowest BCUT2D eigenvalue weighted by atomic mass is 10.3. The summed E-state index contributed by atoms with van der Waals surface area (Å²) in [5.41, 5.74) is 1.00. The normalized spacial score (nSPS) is 11.9. The highest BCUT2D eigenvalue weighted by Gasteiger charge is 2.08. The van der Waals surface area contributed by atoms with Gasteiger partial charge in [-0.25, -0.2) is 18.1 Å². The lowest BCUT2D eigenvalue weighted by Crippen LogP contribution is -2.23. The first-order valence-electron chi connectivity index (χ1n) is 6.95. The summed E-state index contributed by atoms with van der Waals surface area (Å²) >= 11 is 3.34. The Hall–Kier alpha value is -0.800. The summed E-state index contributed by atoms with van der Waals surface area (Å²) in [6.45, 7) is 1.18. The minimum atomic E-state index is -3.11. The standard InChI is InChI=1S/C14H20N2O3S3/c1-19-9-3-4-14-16-12(10-20-14)13-6-5-11(21-13)7-8-15-22(2,17)18/h5-6,10,15H,3-4,7-9H2,1-2H3. The largest absolute Gasteiger partial charge is 0.385 e. The molecule has 22 heavy (non-hydrogen) atoms. The summed E-state index contributed by atoms with van der Waals surface area (Å²) in [5, 5.41) is 3.20. The monoisotopic (exact) mass is 360 g/mol. The summed E-state index contributed by atoms with van der Waals surface area (Å²) in [7, 11) is -1.41. The van der Waals surface area contributed by atoms with Gasteiger partial charge in [0.25, 0.3) is 0 Å². The third kappa shape index (κ3) is 5.77. The molecule has 0 aromatic carbocycles. The molecule has 2 rings (SSSR count). The Bertz CT molecular complexity index is 692. The maximum Gasteiger partial charge on any atom is 0.208 e. The number of sulfonamides is 1. The smallest absolute Gasteiger partial charge is 0.208 e. The molecule has 0 radical (unpaired) electrons. The highest BCUT2D eigenvalue weighted by atomic mass is 32.2. The van der Waals surface area contributed by atoms with Crippen molar-refractivity contribution in [1.29, 1.82) is 0 Å². The van der Waals surface area contributed by atoms with E-state index in [9.17, 15) is 8.42 Å². The molecule has 2 heterocycles. The summed E-state index contributed by atoms with van der Waals surface area (Å²) in [5.74, 6) is 0. The van der Waals surface area contributed by atoms with Crippen molar-refractivity contribution in [3.05, 3.63) is 27.4 Å². The molecular weight excluding hydrogens is 340 g/mol. The van der Waals surface area contributed by atoms with E-state index < -0.39 is 10.0 Å². The number of thiophene rings is 1. The number of aromatic nitrogens is 1. The van der Waals surface area contributed by atoms with Crippen LogP contribution in [0.1, 0.15) is 16.3 Å². The van der Waals surface area contributed by atoms with Crippen LogP contribution in [0.5, 0.6) is 0 Å². The zero-order chi connectivity index (χ0) is 16.0. The Kier molecular flexibility index (Phi) is 6.51. The molecule has 8 heteroatoms. The van der Waals surface area contributed by atoms with Crippen LogP contribution in [0.15, 0.2) is 17.5 Å². The van der Waals surface area contributed by atoms with Gasteiger partial charge in [-0.1, -0.05) is 0 Å². The van der Waals surface area contributed by atoms with Gasteiger partial charge in [0.2, 0.25) is 10.0 Å². The van der Waals surface area contributed by atoms with Crippen molar-refractivity contribution in [1.82, 2.24) is 9.71 Å². The maximum atomic E-state index is 11.0. The second-order valence-electron chi connectivity index (χ2n) is 4.91. The van der Waals surface area contributed by atoms with Crippen LogP contribution < -0.4 is 4.72 Å². The van der Waals surface area contributed by atoms with Crippen molar-refractivity contribution < 1.29 is 13.2 Å². The molecule has 0 saturated heterocycles. The first kappa shape index (κ1) is 17.6. The van der Waals surface area contributed by atoms with E-state index in [1.54, 1.807) is 29.8 Å². The van der Waals surface area contributed by atoms with Crippen LogP contribution in [-0.2, 0) is 27.6 Å². The van der Waals surface area contributed by atoms with E-state index in [-0.39, 0.29) is 0 Å². The molecule has 1 N–H and O–H groups in total. The quantitative estimate of drug-likeness (QED) is 0.698. The summed E-state index contributed by atoms with van der Waals surface area (Å²) in [4.78, 5) is 6.93. The minimum Gasteiger partial charge on any atom is -0.385 e. The second kappa shape index (κ2) is 8.16. The fourth-order valence-corrected chi connectivity index (χ4v) is 4.27. The average Bonchev–Trinajstić information content (AvgIpc) is 3.06. The van der Waals surface area contributed by atoms with Crippen molar-refractivity contribution in [3.63, 3.8) is 0 Å². The van der Waals surface area contributed by atoms with Gasteiger partial charge in [-0.05, 0) is 25.0 Å². The summed E-state index contributed by atoms with van der Waals surface area (Å²) in [6.07, 6.45) is 3.79. The molecule has 5 nitrogen and oxygen atoms in total. The van der Waals surface area contributed by atoms with Gasteiger partial charge in [0.15, 0.2) is 0 Å². The van der Waals surface area contributed by atoms with Gasteiger partial charge in [0.05, 0.1) is 21.8 Å². The lowest BCUT2D eigenvalue weighted by Gasteiger charge is -1.99. The molecule has 122 valence electrons. The van der Waals surface area contributed by atoms with Crippen LogP contribution in [0.3, 0.4) is 0 Å². The fourth-order valence-electron chi connectivity index (χ4n) is 1.92. The number of nitrogens with zero attached hydrogens (tertiary/aromatic N) is 1. The highest BCUT2D eigenvalue weighted by molar-refractivity contribution is 7.88. The van der Waals surface area contributed by atoms with Gasteiger partial charge in [0, 0.05) is 36.9 Å². The van der Waals surface area contributed by atoms with Gasteiger partial charge >= 0.3 is 0 Å². The first-order chi connectivity index (χ1) is 10.5. The molecular formula is C14H20N2O3S3. The number of thiazole rings is 1. The Morgan fingerprint density at radius 1 is 1.32 bits per heavy atom. The molecule has 0 fully saturated rings. The fraction of sp³-hybridized carbons (Fsp3) is 0.500. The van der Waals surface area contributed by atoms with Gasteiger partial charge in [-0.3, -0.25) is 0 Å². The molecule has 2 aromatic rings. The van der Waals surface area contributed by atoms with Gasteiger partial charge < -0.3 is 4.74 Å². The van der Waals surface area contributed by atoms with Gasteiger partial charge in [-0.2, -0.15) is 0 Å². The Morgan fingerprint density at radius 2 is 2.14 bits per heavy atom. The van der Waals surface area contributed by atoms with Crippen molar-refractivity contribution in [2.75, 3.05) is 26.5 Å². The predicted octanol–water partition coefficient (Wildman–Crippen LogP) is 2.54. The third-order valence-corrected chi connectivity index (χ3v) is 5.75. The van der Waals surface area contributed by atoms with E-state index in [4.69, 9.17) is 4.74 Å². The van der Waals surface area contributed by atoms with E-state index >= 15 is 0 Å². The maximum absolute atomic E-state index is 11.0. The minimum absolute atomic E-state index is 0.429. The second-order valence-corrected chi connectivity index (χ2v) is 8.85. The average molecular weight is 361 g/mol. The third-order valence-electron chi connectivity index (χ3n) is 2.94. The van der Waals surface area contributed by atoms with E-state index in [1.807, 2.05) is 6.07 Å². The van der Waals surface area contributed by atoms with Crippen molar-refractivity contribution >= 4 is 32.7 Å². The predicted molar refractivity (Wildman–Crippen MR) is 92.2 cm³/mol. The van der Waals surface area contributed by atoms with E-state index in [0.717, 1.165) is 39.9 Å². The topological polar surface area (TPSA) is 68.3 Å². The van der Waals surface area contributed by atoms with Gasteiger partial charge in [0.1, 0.15) is 0 Å². The molecule has 0 unspecified atom stereocenters. The Labute approximate surface area is 139 Å². The van der Waals surface area contributed by atoms with Crippen LogP contribution in [0.4, 0.5) is 0 Å². The number of rotatable bonds is 9. The molecule has 0 atom stereocenters. The Morgan fingerprint density at radius 3 is 2.86 bits per heavy atom. The van der Waals surface area contributed by atoms with Crippen LogP contribution in [0, 0.1) is 0 Å². The van der Waals surface area contributed by atoms with Crippen LogP contribution >= 0.6 is 22.7 Å². The van der Waals surface area contributed by atoms with Gasteiger partial charge in [-0.15, -0.1) is 22.7 Å². The molecule has 0 saturated carbocycles. The SMILES string of the molecule is COCCCc1nc(-c2ccc(CCNS(C)(=O)=O)s2)cs1. The van der Waals surface area contributed by atoms with Crippen LogP contribution in [0.2, 0.25) is 0 Å². The van der Waals surface area contributed by atoms with E-state index in [1.165, 1.54) is 6.26 Å². The summed E-state index contributed by atoms with van der Waals surface area (Å²) in [6, 6.07) is 4.09.